The fourth-order valence-corrected chi connectivity index (χ4v) is 2.55. The van der Waals surface area contributed by atoms with E-state index in [1.807, 2.05) is 0 Å². The topological polar surface area (TPSA) is 116 Å². The van der Waals surface area contributed by atoms with E-state index >= 15 is 0 Å². The molecule has 0 aliphatic carbocycles. The molecule has 0 saturated carbocycles. The zero-order chi connectivity index (χ0) is 15.3. The van der Waals surface area contributed by atoms with Gasteiger partial charge in [0.05, 0.1) is 4.90 Å². The van der Waals surface area contributed by atoms with E-state index in [1.165, 1.54) is 31.2 Å². The number of benzene rings is 1. The van der Waals surface area contributed by atoms with Gasteiger partial charge in [-0.05, 0) is 31.2 Å². The van der Waals surface area contributed by atoms with Crippen LogP contribution in [0.2, 0.25) is 5.02 Å². The van der Waals surface area contributed by atoms with Crippen LogP contribution in [0.25, 0.3) is 0 Å². The van der Waals surface area contributed by atoms with Crippen LogP contribution in [0.15, 0.2) is 29.2 Å². The number of ether oxygens (including phenoxy) is 1. The molecule has 0 aliphatic rings. The summed E-state index contributed by atoms with van der Waals surface area (Å²) in [4.78, 5) is 21.8. The van der Waals surface area contributed by atoms with Gasteiger partial charge < -0.3 is 10.5 Å². The highest BCUT2D eigenvalue weighted by molar-refractivity contribution is 7.89. The summed E-state index contributed by atoms with van der Waals surface area (Å²) in [5.74, 6) is -1.73. The minimum Gasteiger partial charge on any atom is -0.454 e. The van der Waals surface area contributed by atoms with E-state index < -0.39 is 34.5 Å². The van der Waals surface area contributed by atoms with Crippen LogP contribution in [0.1, 0.15) is 6.92 Å². The van der Waals surface area contributed by atoms with Gasteiger partial charge in [0.25, 0.3) is 5.91 Å². The molecule has 0 aliphatic heterocycles. The number of nitrogens with one attached hydrogen (secondary N) is 1. The molecule has 1 rings (SSSR count). The van der Waals surface area contributed by atoms with Crippen LogP contribution < -0.4 is 10.5 Å². The van der Waals surface area contributed by atoms with Crippen molar-refractivity contribution in [1.82, 2.24) is 4.72 Å². The second kappa shape index (κ2) is 6.69. The quantitative estimate of drug-likeness (QED) is 0.718. The van der Waals surface area contributed by atoms with E-state index in [9.17, 15) is 18.0 Å². The molecule has 110 valence electrons. The van der Waals surface area contributed by atoms with Crippen LogP contribution in [-0.2, 0) is 24.3 Å². The Bertz CT molecular complexity index is 600. The van der Waals surface area contributed by atoms with Crippen LogP contribution >= 0.6 is 11.6 Å². The highest BCUT2D eigenvalue weighted by Gasteiger charge is 2.23. The number of rotatable bonds is 6. The Morgan fingerprint density at radius 2 is 1.90 bits per heavy atom. The Labute approximate surface area is 121 Å². The van der Waals surface area contributed by atoms with Crippen molar-refractivity contribution in [2.75, 3.05) is 6.61 Å². The van der Waals surface area contributed by atoms with Gasteiger partial charge in [-0.3, -0.25) is 9.59 Å². The van der Waals surface area contributed by atoms with Crippen LogP contribution in [0.5, 0.6) is 0 Å². The second-order valence-corrected chi connectivity index (χ2v) is 6.02. The molecule has 9 heteroatoms. The molecular formula is C11H13ClN2O5S. The summed E-state index contributed by atoms with van der Waals surface area (Å²) in [5.41, 5.74) is 4.81. The van der Waals surface area contributed by atoms with Gasteiger partial charge in [0.1, 0.15) is 6.04 Å². The van der Waals surface area contributed by atoms with Crippen molar-refractivity contribution < 1.29 is 22.7 Å². The molecule has 1 aromatic rings. The molecular weight excluding hydrogens is 308 g/mol. The summed E-state index contributed by atoms with van der Waals surface area (Å²) < 4.78 is 30.5. The number of amides is 1. The zero-order valence-corrected chi connectivity index (χ0v) is 12.1. The molecule has 1 atom stereocenters. The van der Waals surface area contributed by atoms with Gasteiger partial charge in [-0.25, -0.2) is 8.42 Å². The first-order valence-electron chi connectivity index (χ1n) is 5.45. The molecule has 20 heavy (non-hydrogen) atoms. The number of nitrogens with two attached hydrogens (primary N) is 1. The molecule has 3 N–H and O–H groups in total. The second-order valence-electron chi connectivity index (χ2n) is 3.87. The Morgan fingerprint density at radius 3 is 2.40 bits per heavy atom. The molecule has 7 nitrogen and oxygen atoms in total. The van der Waals surface area contributed by atoms with Crippen LogP contribution in [0.4, 0.5) is 0 Å². The highest BCUT2D eigenvalue weighted by Crippen LogP contribution is 2.14. The number of carbonyl (C=O) groups excluding carboxylic acids is 2. The van der Waals surface area contributed by atoms with Crippen molar-refractivity contribution in [3.05, 3.63) is 29.3 Å². The minimum atomic E-state index is -3.89. The van der Waals surface area contributed by atoms with Gasteiger partial charge in [-0.15, -0.1) is 0 Å². The van der Waals surface area contributed by atoms with Crippen molar-refractivity contribution in [1.29, 1.82) is 0 Å². The minimum absolute atomic E-state index is 0.0450. The van der Waals surface area contributed by atoms with Gasteiger partial charge in [-0.1, -0.05) is 11.6 Å². The fraction of sp³-hybridized carbons (Fsp3) is 0.273. The number of sulfonamides is 1. The third kappa shape index (κ3) is 4.80. The predicted molar refractivity (Wildman–Crippen MR) is 71.4 cm³/mol. The average molecular weight is 321 g/mol. The highest BCUT2D eigenvalue weighted by atomic mass is 35.5. The molecule has 0 heterocycles. The molecule has 1 aromatic carbocycles. The third-order valence-electron chi connectivity index (χ3n) is 2.17. The average Bonchev–Trinajstić information content (AvgIpc) is 2.35. The molecule has 1 amide bonds. The smallest absolute Gasteiger partial charge is 0.324 e. The summed E-state index contributed by atoms with van der Waals surface area (Å²) in [6, 6.07) is 4.26. The first-order valence-corrected chi connectivity index (χ1v) is 7.31. The standard InChI is InChI=1S/C11H13ClN2O5S/c1-7(11(16)19-6-10(13)15)14-20(17,18)9-4-2-8(12)3-5-9/h2-5,7,14H,6H2,1H3,(H2,13,15)/t7-/m0/s1. The van der Waals surface area contributed by atoms with Gasteiger partial charge in [0.2, 0.25) is 10.0 Å². The number of carbonyl (C=O) groups is 2. The first kappa shape index (κ1) is 16.4. The number of halogens is 1. The number of hydrogen-bond donors (Lipinski definition) is 2. The fourth-order valence-electron chi connectivity index (χ4n) is 1.23. The monoisotopic (exact) mass is 320 g/mol. The lowest BCUT2D eigenvalue weighted by atomic mass is 10.4. The van der Waals surface area contributed by atoms with Gasteiger partial charge in [0, 0.05) is 5.02 Å². The maximum Gasteiger partial charge on any atom is 0.324 e. The molecule has 0 saturated heterocycles. The maximum absolute atomic E-state index is 11.9. The summed E-state index contributed by atoms with van der Waals surface area (Å²) in [6.45, 7) is 0.683. The predicted octanol–water partition coefficient (Wildman–Crippen LogP) is 0.0353. The van der Waals surface area contributed by atoms with Gasteiger partial charge in [0.15, 0.2) is 6.61 Å². The lowest BCUT2D eigenvalue weighted by molar-refractivity contribution is -0.149. The molecule has 0 unspecified atom stereocenters. The largest absolute Gasteiger partial charge is 0.454 e. The van der Waals surface area contributed by atoms with Crippen molar-refractivity contribution in [3.8, 4) is 0 Å². The third-order valence-corrected chi connectivity index (χ3v) is 3.97. The van der Waals surface area contributed by atoms with E-state index in [0.717, 1.165) is 0 Å². The van der Waals surface area contributed by atoms with Crippen molar-refractivity contribution in [2.24, 2.45) is 5.73 Å². The molecule has 0 spiro atoms. The first-order chi connectivity index (χ1) is 9.22. The number of primary amides is 1. The molecule has 0 fully saturated rings. The Balaban J connectivity index is 2.73. The number of hydrogen-bond acceptors (Lipinski definition) is 5. The van der Waals surface area contributed by atoms with Crippen LogP contribution in [0, 0.1) is 0 Å². The van der Waals surface area contributed by atoms with E-state index in [1.54, 1.807) is 0 Å². The van der Waals surface area contributed by atoms with Crippen molar-refractivity contribution >= 4 is 33.5 Å². The van der Waals surface area contributed by atoms with Gasteiger partial charge in [-0.2, -0.15) is 4.72 Å². The van der Waals surface area contributed by atoms with Crippen LogP contribution in [-0.4, -0.2) is 32.9 Å². The SMILES string of the molecule is C[C@H](NS(=O)(=O)c1ccc(Cl)cc1)C(=O)OCC(N)=O. The lowest BCUT2D eigenvalue weighted by Gasteiger charge is -2.13. The molecule has 0 aromatic heterocycles. The Morgan fingerprint density at radius 1 is 1.35 bits per heavy atom. The molecule has 0 radical (unpaired) electrons. The normalized spacial score (nSPS) is 12.7. The summed E-state index contributed by atoms with van der Waals surface area (Å²) in [6.07, 6.45) is 0. The Kier molecular flexibility index (Phi) is 5.49. The summed E-state index contributed by atoms with van der Waals surface area (Å²) in [7, 11) is -3.89. The zero-order valence-electron chi connectivity index (χ0n) is 10.5. The van der Waals surface area contributed by atoms with E-state index in [4.69, 9.17) is 17.3 Å². The Hall–Kier alpha value is -1.64. The molecule has 0 bridgehead atoms. The van der Waals surface area contributed by atoms with Crippen molar-refractivity contribution in [2.45, 2.75) is 17.9 Å². The van der Waals surface area contributed by atoms with E-state index in [-0.39, 0.29) is 4.90 Å². The summed E-state index contributed by atoms with van der Waals surface area (Å²) in [5, 5.41) is 0.387. The van der Waals surface area contributed by atoms with E-state index in [0.29, 0.717) is 5.02 Å². The number of esters is 1. The van der Waals surface area contributed by atoms with Gasteiger partial charge >= 0.3 is 5.97 Å². The maximum atomic E-state index is 11.9. The van der Waals surface area contributed by atoms with Crippen LogP contribution in [0.3, 0.4) is 0 Å². The summed E-state index contributed by atoms with van der Waals surface area (Å²) >= 11 is 5.66. The van der Waals surface area contributed by atoms with E-state index in [2.05, 4.69) is 9.46 Å². The lowest BCUT2D eigenvalue weighted by Crippen LogP contribution is -2.40. The van der Waals surface area contributed by atoms with Crippen molar-refractivity contribution in [3.63, 3.8) is 0 Å².